The minimum absolute atomic E-state index is 0.153. The number of nitrogens with one attached hydrogen (secondary N) is 1. The van der Waals surface area contributed by atoms with Gasteiger partial charge < -0.3 is 10.1 Å². The second kappa shape index (κ2) is 7.07. The van der Waals surface area contributed by atoms with Crippen LogP contribution in [0.1, 0.15) is 30.9 Å². The number of halogens is 2. The molecule has 1 aromatic carbocycles. The maximum absolute atomic E-state index is 6.18. The molecule has 3 atom stereocenters. The van der Waals surface area contributed by atoms with Crippen molar-refractivity contribution in [3.8, 4) is 0 Å². The summed E-state index contributed by atoms with van der Waals surface area (Å²) in [6.45, 7) is 0.911. The molecule has 2 fully saturated rings. The van der Waals surface area contributed by atoms with Crippen LogP contribution in [0.3, 0.4) is 0 Å². The lowest BCUT2D eigenvalue weighted by molar-refractivity contribution is -0.0851. The lowest BCUT2D eigenvalue weighted by Crippen LogP contribution is -2.43. The van der Waals surface area contributed by atoms with E-state index in [1.165, 1.54) is 33.5 Å². The third-order valence-electron chi connectivity index (χ3n) is 4.67. The SMILES string of the molecule is CNC(c1cc(Br)ccc1I)C1CCOC2(CCSC2)C1. The van der Waals surface area contributed by atoms with E-state index in [9.17, 15) is 0 Å². The van der Waals surface area contributed by atoms with Crippen molar-refractivity contribution in [2.45, 2.75) is 30.9 Å². The Labute approximate surface area is 153 Å². The van der Waals surface area contributed by atoms with Crippen LogP contribution in [0.25, 0.3) is 0 Å². The first-order chi connectivity index (χ1) is 10.1. The number of ether oxygens (including phenoxy) is 1. The Bertz CT molecular complexity index is 507. The second-order valence-corrected chi connectivity index (χ2v) is 9.20. The van der Waals surface area contributed by atoms with Crippen LogP contribution in [0.15, 0.2) is 22.7 Å². The van der Waals surface area contributed by atoms with Crippen molar-refractivity contribution in [2.75, 3.05) is 25.2 Å². The van der Waals surface area contributed by atoms with E-state index in [1.54, 1.807) is 0 Å². The molecule has 116 valence electrons. The molecule has 3 rings (SSSR count). The van der Waals surface area contributed by atoms with Crippen molar-refractivity contribution >= 4 is 50.3 Å². The fraction of sp³-hybridized carbons (Fsp3) is 0.625. The molecule has 0 radical (unpaired) electrons. The van der Waals surface area contributed by atoms with E-state index >= 15 is 0 Å². The molecule has 21 heavy (non-hydrogen) atoms. The molecule has 3 unspecified atom stereocenters. The number of hydrogen-bond acceptors (Lipinski definition) is 3. The van der Waals surface area contributed by atoms with Crippen molar-refractivity contribution in [3.63, 3.8) is 0 Å². The Morgan fingerprint density at radius 3 is 3.10 bits per heavy atom. The molecule has 1 N–H and O–H groups in total. The minimum atomic E-state index is 0.153. The van der Waals surface area contributed by atoms with Crippen molar-refractivity contribution < 1.29 is 4.74 Å². The molecule has 2 aliphatic heterocycles. The molecule has 0 bridgehead atoms. The van der Waals surface area contributed by atoms with Crippen molar-refractivity contribution in [1.29, 1.82) is 0 Å². The molecule has 0 aromatic heterocycles. The standard InChI is InChI=1S/C16H21BrINOS/c1-19-15(13-8-12(17)2-3-14(13)18)11-4-6-20-16(9-11)5-7-21-10-16/h2-3,8,11,15,19H,4-7,9-10H2,1H3. The molecular formula is C16H21BrINOS. The molecule has 2 nitrogen and oxygen atoms in total. The highest BCUT2D eigenvalue weighted by Crippen LogP contribution is 2.44. The zero-order valence-electron chi connectivity index (χ0n) is 12.2. The molecule has 1 spiro atoms. The van der Waals surface area contributed by atoms with E-state index in [0.29, 0.717) is 12.0 Å². The Morgan fingerprint density at radius 2 is 2.38 bits per heavy atom. The van der Waals surface area contributed by atoms with Gasteiger partial charge in [-0.05, 0) is 84.3 Å². The van der Waals surface area contributed by atoms with Crippen LogP contribution in [-0.4, -0.2) is 30.8 Å². The number of thioether (sulfide) groups is 1. The van der Waals surface area contributed by atoms with Gasteiger partial charge in [0.1, 0.15) is 0 Å². The summed E-state index contributed by atoms with van der Waals surface area (Å²) in [6, 6.07) is 7.01. The van der Waals surface area contributed by atoms with Gasteiger partial charge in [-0.15, -0.1) is 0 Å². The summed E-state index contributed by atoms with van der Waals surface area (Å²) in [5.74, 6) is 3.09. The first-order valence-corrected chi connectivity index (χ1v) is 10.5. The predicted octanol–water partition coefficient (Wildman–Crippen LogP) is 4.62. The Kier molecular flexibility index (Phi) is 5.58. The Hall–Kier alpha value is 0.700. The lowest BCUT2D eigenvalue weighted by atomic mass is 9.79. The van der Waals surface area contributed by atoms with Gasteiger partial charge >= 0.3 is 0 Å². The van der Waals surface area contributed by atoms with Crippen LogP contribution in [0.4, 0.5) is 0 Å². The van der Waals surface area contributed by atoms with E-state index in [0.717, 1.165) is 17.5 Å². The summed E-state index contributed by atoms with van der Waals surface area (Å²) in [4.78, 5) is 0. The van der Waals surface area contributed by atoms with Crippen LogP contribution in [0.5, 0.6) is 0 Å². The summed E-state index contributed by atoms with van der Waals surface area (Å²) < 4.78 is 8.69. The molecule has 0 amide bonds. The van der Waals surface area contributed by atoms with Gasteiger partial charge in [-0.3, -0.25) is 0 Å². The summed E-state index contributed by atoms with van der Waals surface area (Å²) in [5, 5.41) is 3.57. The molecule has 2 heterocycles. The largest absolute Gasteiger partial charge is 0.374 e. The van der Waals surface area contributed by atoms with Gasteiger partial charge in [-0.25, -0.2) is 0 Å². The summed E-state index contributed by atoms with van der Waals surface area (Å²) in [5.41, 5.74) is 1.57. The average Bonchev–Trinajstić information content (AvgIpc) is 2.91. The van der Waals surface area contributed by atoms with Gasteiger partial charge in [0.2, 0.25) is 0 Å². The normalized spacial score (nSPS) is 30.7. The van der Waals surface area contributed by atoms with E-state index in [4.69, 9.17) is 4.74 Å². The fourth-order valence-corrected chi connectivity index (χ4v) is 6.04. The zero-order chi connectivity index (χ0) is 14.9. The van der Waals surface area contributed by atoms with Gasteiger partial charge in [0, 0.05) is 26.4 Å². The van der Waals surface area contributed by atoms with Gasteiger partial charge in [-0.1, -0.05) is 15.9 Å². The van der Waals surface area contributed by atoms with E-state index < -0.39 is 0 Å². The first kappa shape index (κ1) is 16.6. The molecule has 0 saturated carbocycles. The van der Waals surface area contributed by atoms with Crippen molar-refractivity contribution in [2.24, 2.45) is 5.92 Å². The summed E-state index contributed by atoms with van der Waals surface area (Å²) in [6.07, 6.45) is 3.56. The summed E-state index contributed by atoms with van der Waals surface area (Å²) in [7, 11) is 2.09. The molecule has 1 aromatic rings. The molecule has 5 heteroatoms. The Balaban J connectivity index is 1.84. The summed E-state index contributed by atoms with van der Waals surface area (Å²) >= 11 is 8.12. The van der Waals surface area contributed by atoms with E-state index in [1.807, 2.05) is 11.8 Å². The smallest absolute Gasteiger partial charge is 0.0783 e. The fourth-order valence-electron chi connectivity index (χ4n) is 3.61. The van der Waals surface area contributed by atoms with Gasteiger partial charge in [0.25, 0.3) is 0 Å². The highest BCUT2D eigenvalue weighted by atomic mass is 127. The first-order valence-electron chi connectivity index (χ1n) is 7.47. The highest BCUT2D eigenvalue weighted by molar-refractivity contribution is 14.1. The Morgan fingerprint density at radius 1 is 1.52 bits per heavy atom. The molecule has 2 aliphatic rings. The maximum atomic E-state index is 6.18. The van der Waals surface area contributed by atoms with Crippen LogP contribution >= 0.6 is 50.3 Å². The second-order valence-electron chi connectivity index (χ2n) is 6.02. The van der Waals surface area contributed by atoms with Gasteiger partial charge in [0.05, 0.1) is 5.60 Å². The van der Waals surface area contributed by atoms with Gasteiger partial charge in [0.15, 0.2) is 0 Å². The van der Waals surface area contributed by atoms with Crippen molar-refractivity contribution in [3.05, 3.63) is 31.8 Å². The van der Waals surface area contributed by atoms with Gasteiger partial charge in [-0.2, -0.15) is 11.8 Å². The number of hydrogen-bond donors (Lipinski definition) is 1. The highest BCUT2D eigenvalue weighted by Gasteiger charge is 2.42. The number of rotatable bonds is 3. The van der Waals surface area contributed by atoms with Crippen LogP contribution in [-0.2, 0) is 4.74 Å². The molecular weight excluding hydrogens is 461 g/mol. The van der Waals surface area contributed by atoms with Crippen molar-refractivity contribution in [1.82, 2.24) is 5.32 Å². The lowest BCUT2D eigenvalue weighted by Gasteiger charge is -2.41. The van der Waals surface area contributed by atoms with Crippen LogP contribution in [0, 0.1) is 9.49 Å². The maximum Gasteiger partial charge on any atom is 0.0783 e. The van der Waals surface area contributed by atoms with Crippen LogP contribution in [0.2, 0.25) is 0 Å². The zero-order valence-corrected chi connectivity index (χ0v) is 16.8. The third-order valence-corrected chi connectivity index (χ3v) is 7.37. The molecule has 0 aliphatic carbocycles. The monoisotopic (exact) mass is 481 g/mol. The number of benzene rings is 1. The van der Waals surface area contributed by atoms with E-state index in [-0.39, 0.29) is 5.60 Å². The molecule has 2 saturated heterocycles. The quantitative estimate of drug-likeness (QED) is 0.636. The van der Waals surface area contributed by atoms with E-state index in [2.05, 4.69) is 69.1 Å². The minimum Gasteiger partial charge on any atom is -0.374 e. The average molecular weight is 482 g/mol. The predicted molar refractivity (Wildman–Crippen MR) is 102 cm³/mol. The topological polar surface area (TPSA) is 21.3 Å². The third kappa shape index (κ3) is 3.62. The van der Waals surface area contributed by atoms with Crippen LogP contribution < -0.4 is 5.32 Å².